The first kappa shape index (κ1) is 19.9. The molecule has 4 heteroatoms. The minimum absolute atomic E-state index is 0.124. The van der Waals surface area contributed by atoms with Gasteiger partial charge in [-0.2, -0.15) is 4.98 Å². The number of hydrogen-bond acceptors (Lipinski definition) is 4. The monoisotopic (exact) mass is 374 g/mol. The van der Waals surface area contributed by atoms with Crippen molar-refractivity contribution in [3.05, 3.63) is 66.2 Å². The van der Waals surface area contributed by atoms with Gasteiger partial charge in [-0.1, -0.05) is 63.2 Å². The van der Waals surface area contributed by atoms with Crippen LogP contribution in [0.4, 0.5) is 17.5 Å². The van der Waals surface area contributed by atoms with Crippen LogP contribution in [0, 0.1) is 0 Å². The predicted molar refractivity (Wildman–Crippen MR) is 119 cm³/mol. The van der Waals surface area contributed by atoms with E-state index < -0.39 is 0 Å². The quantitative estimate of drug-likeness (QED) is 0.555. The molecule has 0 amide bonds. The van der Waals surface area contributed by atoms with Gasteiger partial charge in [0.05, 0.1) is 5.69 Å². The van der Waals surface area contributed by atoms with Crippen molar-refractivity contribution in [2.75, 3.05) is 10.6 Å². The number of nitrogens with zero attached hydrogens (tertiary/aromatic N) is 2. The molecule has 0 saturated heterocycles. The predicted octanol–water partition coefficient (Wildman–Crippen LogP) is 6.40. The summed E-state index contributed by atoms with van der Waals surface area (Å²) in [6.07, 6.45) is 0. The zero-order valence-corrected chi connectivity index (χ0v) is 17.7. The van der Waals surface area contributed by atoms with Gasteiger partial charge < -0.3 is 10.6 Å². The maximum absolute atomic E-state index is 4.71. The van der Waals surface area contributed by atoms with E-state index in [1.807, 2.05) is 24.3 Å². The van der Waals surface area contributed by atoms with E-state index in [1.165, 1.54) is 5.56 Å². The number of benzene rings is 2. The van der Waals surface area contributed by atoms with E-state index in [0.29, 0.717) is 5.95 Å². The lowest BCUT2D eigenvalue weighted by Gasteiger charge is -2.22. The molecule has 28 heavy (non-hydrogen) atoms. The number of aromatic nitrogens is 2. The lowest BCUT2D eigenvalue weighted by atomic mass is 9.87. The summed E-state index contributed by atoms with van der Waals surface area (Å²) in [7, 11) is 0. The van der Waals surface area contributed by atoms with E-state index in [1.54, 1.807) is 0 Å². The first-order valence-electron chi connectivity index (χ1n) is 9.70. The van der Waals surface area contributed by atoms with Gasteiger partial charge in [0.25, 0.3) is 0 Å². The Balaban J connectivity index is 1.94. The van der Waals surface area contributed by atoms with Crippen LogP contribution >= 0.6 is 0 Å². The lowest BCUT2D eigenvalue weighted by Crippen LogP contribution is -2.27. The second kappa shape index (κ2) is 7.63. The molecule has 146 valence electrons. The van der Waals surface area contributed by atoms with E-state index >= 15 is 0 Å². The normalized spacial score (nSPS) is 11.9. The zero-order chi connectivity index (χ0) is 20.4. The first-order valence-corrected chi connectivity index (χ1v) is 9.70. The molecule has 0 radical (unpaired) electrons. The molecule has 0 fully saturated rings. The van der Waals surface area contributed by atoms with Crippen LogP contribution in [0.1, 0.15) is 47.1 Å². The summed E-state index contributed by atoms with van der Waals surface area (Å²) in [4.78, 5) is 9.39. The largest absolute Gasteiger partial charge is 0.350 e. The van der Waals surface area contributed by atoms with Gasteiger partial charge >= 0.3 is 0 Å². The summed E-state index contributed by atoms with van der Waals surface area (Å²) in [5, 5.41) is 6.81. The van der Waals surface area contributed by atoms with E-state index in [9.17, 15) is 0 Å². The van der Waals surface area contributed by atoms with Crippen LogP contribution in [0.5, 0.6) is 0 Å². The molecular formula is C24H30N4. The Morgan fingerprint density at radius 2 is 1.39 bits per heavy atom. The molecule has 2 aromatic carbocycles. The number of anilines is 3. The Kier molecular flexibility index (Phi) is 5.41. The topological polar surface area (TPSA) is 49.8 Å². The summed E-state index contributed by atoms with van der Waals surface area (Å²) >= 11 is 0. The van der Waals surface area contributed by atoms with Crippen molar-refractivity contribution in [3.8, 4) is 11.3 Å². The molecule has 1 heterocycles. The molecular weight excluding hydrogens is 344 g/mol. The average Bonchev–Trinajstić information content (AvgIpc) is 2.60. The molecule has 0 unspecified atom stereocenters. The van der Waals surface area contributed by atoms with Gasteiger partial charge in [0.15, 0.2) is 0 Å². The third-order valence-electron chi connectivity index (χ3n) is 4.31. The van der Waals surface area contributed by atoms with Crippen LogP contribution in [0.2, 0.25) is 0 Å². The van der Waals surface area contributed by atoms with Crippen molar-refractivity contribution < 1.29 is 0 Å². The Morgan fingerprint density at radius 3 is 1.96 bits per heavy atom. The Labute approximate surface area is 168 Å². The van der Waals surface area contributed by atoms with E-state index in [-0.39, 0.29) is 11.0 Å². The number of hydrogen-bond donors (Lipinski definition) is 2. The summed E-state index contributed by atoms with van der Waals surface area (Å²) in [6, 6.07) is 20.7. The molecule has 4 nitrogen and oxygen atoms in total. The lowest BCUT2D eigenvalue weighted by molar-refractivity contribution is 0.590. The van der Waals surface area contributed by atoms with Gasteiger partial charge in [0.2, 0.25) is 5.95 Å². The fraction of sp³-hybridized carbons (Fsp3) is 0.333. The van der Waals surface area contributed by atoms with Gasteiger partial charge in [-0.05, 0) is 43.9 Å². The van der Waals surface area contributed by atoms with Crippen molar-refractivity contribution >= 4 is 17.5 Å². The van der Waals surface area contributed by atoms with E-state index in [2.05, 4.69) is 93.6 Å². The van der Waals surface area contributed by atoms with Crippen molar-refractivity contribution in [2.24, 2.45) is 0 Å². The minimum atomic E-state index is -0.124. The highest BCUT2D eigenvalue weighted by Gasteiger charge is 2.15. The Morgan fingerprint density at radius 1 is 0.750 bits per heavy atom. The third-order valence-corrected chi connectivity index (χ3v) is 4.31. The molecule has 1 aromatic heterocycles. The summed E-state index contributed by atoms with van der Waals surface area (Å²) < 4.78 is 0. The molecule has 0 aliphatic rings. The highest BCUT2D eigenvalue weighted by atomic mass is 15.2. The smallest absolute Gasteiger partial charge is 0.225 e. The highest BCUT2D eigenvalue weighted by Crippen LogP contribution is 2.27. The van der Waals surface area contributed by atoms with Gasteiger partial charge in [-0.15, -0.1) is 0 Å². The molecule has 3 rings (SSSR count). The first-order chi connectivity index (χ1) is 13.1. The zero-order valence-electron chi connectivity index (χ0n) is 17.7. The molecule has 0 bridgehead atoms. The maximum Gasteiger partial charge on any atom is 0.225 e. The molecule has 0 atom stereocenters. The van der Waals surface area contributed by atoms with Crippen molar-refractivity contribution in [1.29, 1.82) is 0 Å². The molecule has 3 aromatic rings. The Hall–Kier alpha value is -2.88. The number of nitrogens with one attached hydrogen (secondary N) is 2. The highest BCUT2D eigenvalue weighted by molar-refractivity contribution is 5.67. The Bertz CT molecular complexity index is 918. The van der Waals surface area contributed by atoms with Crippen LogP contribution < -0.4 is 10.6 Å². The van der Waals surface area contributed by atoms with Crippen molar-refractivity contribution in [1.82, 2.24) is 9.97 Å². The average molecular weight is 375 g/mol. The van der Waals surface area contributed by atoms with Gasteiger partial charge in [0.1, 0.15) is 5.82 Å². The SMILES string of the molecule is CC(C)(C)Nc1nc(Nc2ccc(C(C)(C)C)cc2)cc(-c2ccccc2)n1. The van der Waals surface area contributed by atoms with Crippen LogP contribution in [0.15, 0.2) is 60.7 Å². The minimum Gasteiger partial charge on any atom is -0.350 e. The van der Waals surface area contributed by atoms with Crippen LogP contribution in [0.3, 0.4) is 0 Å². The van der Waals surface area contributed by atoms with Crippen LogP contribution in [-0.2, 0) is 5.41 Å². The fourth-order valence-electron chi connectivity index (χ4n) is 2.86. The van der Waals surface area contributed by atoms with Crippen molar-refractivity contribution in [3.63, 3.8) is 0 Å². The van der Waals surface area contributed by atoms with Crippen LogP contribution in [0.25, 0.3) is 11.3 Å². The molecule has 2 N–H and O–H groups in total. The van der Waals surface area contributed by atoms with Gasteiger partial charge in [-0.25, -0.2) is 4.98 Å². The summed E-state index contributed by atoms with van der Waals surface area (Å²) in [5.41, 5.74) is 4.27. The van der Waals surface area contributed by atoms with E-state index in [4.69, 9.17) is 4.98 Å². The number of rotatable bonds is 4. The van der Waals surface area contributed by atoms with Gasteiger partial charge in [-0.3, -0.25) is 0 Å². The molecule has 0 spiro atoms. The summed E-state index contributed by atoms with van der Waals surface area (Å²) in [5.74, 6) is 1.38. The molecule has 0 saturated carbocycles. The van der Waals surface area contributed by atoms with Crippen LogP contribution in [-0.4, -0.2) is 15.5 Å². The summed E-state index contributed by atoms with van der Waals surface area (Å²) in [6.45, 7) is 13.0. The van der Waals surface area contributed by atoms with E-state index in [0.717, 1.165) is 22.8 Å². The van der Waals surface area contributed by atoms with Crippen molar-refractivity contribution in [2.45, 2.75) is 52.5 Å². The maximum atomic E-state index is 4.71. The third kappa shape index (κ3) is 5.32. The second-order valence-corrected chi connectivity index (χ2v) is 9.16. The fourth-order valence-corrected chi connectivity index (χ4v) is 2.86. The molecule has 0 aliphatic heterocycles. The second-order valence-electron chi connectivity index (χ2n) is 9.16. The molecule has 0 aliphatic carbocycles. The standard InChI is InChI=1S/C24H30N4/c1-23(2,3)18-12-14-19(15-13-18)25-21-16-20(17-10-8-7-9-11-17)26-22(27-21)28-24(4,5)6/h7-16H,1-6H3,(H2,25,26,27,28). The van der Waals surface area contributed by atoms with Gasteiger partial charge in [0, 0.05) is 22.9 Å².